The average Bonchev–Trinajstić information content (AvgIpc) is 3.50. The van der Waals surface area contributed by atoms with Crippen molar-refractivity contribution in [2.75, 3.05) is 21.0 Å². The minimum absolute atomic E-state index is 0.0687. The van der Waals surface area contributed by atoms with E-state index >= 15 is 0 Å². The third kappa shape index (κ3) is 4.56. The van der Waals surface area contributed by atoms with Crippen LogP contribution in [0, 0.1) is 0 Å². The lowest BCUT2D eigenvalue weighted by molar-refractivity contribution is -0.129. The summed E-state index contributed by atoms with van der Waals surface area (Å²) in [5.41, 5.74) is 1.38. The summed E-state index contributed by atoms with van der Waals surface area (Å²) in [5, 5.41) is 0.442. The number of cyclic esters (lactones) is 1. The molecule has 0 saturated heterocycles. The fourth-order valence-electron chi connectivity index (χ4n) is 3.57. The van der Waals surface area contributed by atoms with Gasteiger partial charge >= 0.3 is 11.9 Å². The summed E-state index contributed by atoms with van der Waals surface area (Å²) in [4.78, 5) is 29.4. The van der Waals surface area contributed by atoms with E-state index in [4.69, 9.17) is 40.0 Å². The molecule has 9 nitrogen and oxygen atoms in total. The quantitative estimate of drug-likeness (QED) is 0.270. The van der Waals surface area contributed by atoms with Gasteiger partial charge in [-0.1, -0.05) is 17.7 Å². The molecule has 0 radical (unpaired) electrons. The lowest BCUT2D eigenvalue weighted by Crippen LogP contribution is -2.09. The third-order valence-electron chi connectivity index (χ3n) is 5.31. The van der Waals surface area contributed by atoms with Gasteiger partial charge in [0.2, 0.25) is 12.7 Å². The highest BCUT2D eigenvalue weighted by molar-refractivity contribution is 6.31. The normalized spacial score (nSPS) is 14.9. The van der Waals surface area contributed by atoms with Gasteiger partial charge in [-0.15, -0.1) is 0 Å². The van der Waals surface area contributed by atoms with Crippen LogP contribution in [0.1, 0.15) is 21.5 Å². The number of hydrogen-bond acceptors (Lipinski definition) is 9. The summed E-state index contributed by atoms with van der Waals surface area (Å²) in [5.74, 6) is 0.818. The monoisotopic (exact) mass is 507 g/mol. The van der Waals surface area contributed by atoms with Gasteiger partial charge < -0.3 is 28.4 Å². The predicted octanol–water partition coefficient (Wildman–Crippen LogP) is 4.65. The molecular formula is C26H18ClNO8. The molecule has 2 aliphatic rings. The van der Waals surface area contributed by atoms with Gasteiger partial charge in [-0.2, -0.15) is 0 Å². The molecule has 3 aromatic rings. The second kappa shape index (κ2) is 9.63. The molecule has 0 saturated carbocycles. The van der Waals surface area contributed by atoms with Crippen molar-refractivity contribution < 1.29 is 38.0 Å². The van der Waals surface area contributed by atoms with Crippen LogP contribution in [0.25, 0.3) is 6.08 Å². The highest BCUT2D eigenvalue weighted by Crippen LogP contribution is 2.34. The van der Waals surface area contributed by atoms with Crippen molar-refractivity contribution in [2.24, 2.45) is 4.99 Å². The number of fused-ring (bicyclic) bond motifs is 1. The number of carbonyl (C=O) groups is 2. The Hall–Kier alpha value is -4.50. The van der Waals surface area contributed by atoms with Gasteiger partial charge in [-0.25, -0.2) is 14.6 Å². The molecule has 0 amide bonds. The highest BCUT2D eigenvalue weighted by atomic mass is 35.5. The Kier molecular flexibility index (Phi) is 6.22. The zero-order valence-corrected chi connectivity index (χ0v) is 19.8. The molecule has 5 rings (SSSR count). The first-order valence-corrected chi connectivity index (χ1v) is 11.0. The summed E-state index contributed by atoms with van der Waals surface area (Å²) in [6.07, 6.45) is 1.53. The molecule has 3 aromatic carbocycles. The Morgan fingerprint density at radius 1 is 0.944 bits per heavy atom. The molecule has 0 aliphatic carbocycles. The zero-order valence-electron chi connectivity index (χ0n) is 19.1. The summed E-state index contributed by atoms with van der Waals surface area (Å²) in [6.45, 7) is 0.102. The fraction of sp³-hybridized carbons (Fsp3) is 0.115. The van der Waals surface area contributed by atoms with Crippen molar-refractivity contribution in [3.63, 3.8) is 0 Å². The Bertz CT molecular complexity index is 1450. The van der Waals surface area contributed by atoms with Gasteiger partial charge in [-0.3, -0.25) is 0 Å². The number of benzene rings is 3. The van der Waals surface area contributed by atoms with Crippen molar-refractivity contribution in [1.82, 2.24) is 0 Å². The second-order valence-electron chi connectivity index (χ2n) is 7.55. The van der Waals surface area contributed by atoms with Gasteiger partial charge in [0.05, 0.1) is 25.3 Å². The predicted molar refractivity (Wildman–Crippen MR) is 129 cm³/mol. The Morgan fingerprint density at radius 3 is 2.53 bits per heavy atom. The molecule has 0 fully saturated rings. The van der Waals surface area contributed by atoms with Gasteiger partial charge in [0.15, 0.2) is 28.7 Å². The second-order valence-corrected chi connectivity index (χ2v) is 7.98. The lowest BCUT2D eigenvalue weighted by atomic mass is 10.1. The first-order chi connectivity index (χ1) is 17.4. The first kappa shape index (κ1) is 23.3. The van der Waals surface area contributed by atoms with Gasteiger partial charge in [0, 0.05) is 5.02 Å². The van der Waals surface area contributed by atoms with Crippen molar-refractivity contribution in [1.29, 1.82) is 0 Å². The largest absolute Gasteiger partial charge is 0.496 e. The van der Waals surface area contributed by atoms with Gasteiger partial charge in [0.1, 0.15) is 5.75 Å². The molecule has 0 aromatic heterocycles. The molecule has 0 spiro atoms. The van der Waals surface area contributed by atoms with Crippen LogP contribution >= 0.6 is 11.6 Å². The standard InChI is InChI=1S/C26H18ClNO8/c1-31-19-8-5-16(27)12-17(19)24-28-18(26(30)36-24)9-14-3-6-21(22(10-14)32-2)35-25(29)15-4-7-20-23(11-15)34-13-33-20/h3-12H,13H2,1-2H3. The van der Waals surface area contributed by atoms with Crippen LogP contribution in [0.2, 0.25) is 5.02 Å². The minimum Gasteiger partial charge on any atom is -0.496 e. The zero-order chi connectivity index (χ0) is 25.2. The molecule has 2 aliphatic heterocycles. The summed E-state index contributed by atoms with van der Waals surface area (Å²) in [7, 11) is 2.93. The number of carbonyl (C=O) groups excluding carboxylic acids is 2. The smallest absolute Gasteiger partial charge is 0.363 e. The van der Waals surface area contributed by atoms with E-state index in [-0.39, 0.29) is 29.9 Å². The van der Waals surface area contributed by atoms with E-state index in [9.17, 15) is 9.59 Å². The molecule has 36 heavy (non-hydrogen) atoms. The van der Waals surface area contributed by atoms with E-state index in [1.807, 2.05) is 0 Å². The number of nitrogens with zero attached hydrogens (tertiary/aromatic N) is 1. The van der Waals surface area contributed by atoms with Gasteiger partial charge in [-0.05, 0) is 60.2 Å². The number of methoxy groups -OCH3 is 2. The van der Waals surface area contributed by atoms with Crippen molar-refractivity contribution in [3.8, 4) is 28.7 Å². The molecule has 2 heterocycles. The van der Waals surface area contributed by atoms with Crippen LogP contribution < -0.4 is 23.7 Å². The molecule has 182 valence electrons. The highest BCUT2D eigenvalue weighted by Gasteiger charge is 2.27. The SMILES string of the molecule is COc1cc(C=C2N=C(c3cc(Cl)ccc3OC)OC2=O)ccc1OC(=O)c1ccc2c(c1)OCO2. The Morgan fingerprint density at radius 2 is 1.72 bits per heavy atom. The van der Waals surface area contributed by atoms with Crippen LogP contribution in [0.3, 0.4) is 0 Å². The number of hydrogen-bond donors (Lipinski definition) is 0. The van der Waals surface area contributed by atoms with Gasteiger partial charge in [0.25, 0.3) is 0 Å². The molecule has 0 atom stereocenters. The first-order valence-electron chi connectivity index (χ1n) is 10.6. The van der Waals surface area contributed by atoms with Crippen LogP contribution in [0.5, 0.6) is 28.7 Å². The van der Waals surface area contributed by atoms with E-state index in [1.54, 1.807) is 54.6 Å². The summed E-state index contributed by atoms with van der Waals surface area (Å²) >= 11 is 6.08. The summed E-state index contributed by atoms with van der Waals surface area (Å²) in [6, 6.07) is 14.5. The van der Waals surface area contributed by atoms with E-state index < -0.39 is 11.9 Å². The van der Waals surface area contributed by atoms with E-state index in [0.29, 0.717) is 39.0 Å². The molecular weight excluding hydrogens is 490 g/mol. The minimum atomic E-state index is -0.635. The molecule has 0 N–H and O–H groups in total. The molecule has 10 heteroatoms. The van der Waals surface area contributed by atoms with Crippen LogP contribution in [0.4, 0.5) is 0 Å². The Balaban J connectivity index is 1.38. The van der Waals surface area contributed by atoms with Crippen molar-refractivity contribution in [2.45, 2.75) is 0 Å². The van der Waals surface area contributed by atoms with Crippen LogP contribution in [-0.4, -0.2) is 38.8 Å². The van der Waals surface area contributed by atoms with Crippen molar-refractivity contribution in [3.05, 3.63) is 82.0 Å². The van der Waals surface area contributed by atoms with E-state index in [0.717, 1.165) is 0 Å². The van der Waals surface area contributed by atoms with Crippen molar-refractivity contribution >= 4 is 35.5 Å². The van der Waals surface area contributed by atoms with E-state index in [2.05, 4.69) is 4.99 Å². The molecule has 0 bridgehead atoms. The summed E-state index contributed by atoms with van der Waals surface area (Å²) < 4.78 is 32.1. The maximum absolute atomic E-state index is 12.7. The van der Waals surface area contributed by atoms with E-state index in [1.165, 1.54) is 20.3 Å². The molecule has 0 unspecified atom stereocenters. The average molecular weight is 508 g/mol. The third-order valence-corrected chi connectivity index (χ3v) is 5.55. The number of esters is 2. The maximum Gasteiger partial charge on any atom is 0.363 e. The number of rotatable bonds is 6. The number of ether oxygens (including phenoxy) is 6. The van der Waals surface area contributed by atoms with Crippen LogP contribution in [0.15, 0.2) is 65.3 Å². The Labute approximate surface area is 210 Å². The fourth-order valence-corrected chi connectivity index (χ4v) is 3.74. The number of halogens is 1. The maximum atomic E-state index is 12.7. The number of aliphatic imine (C=N–C) groups is 1. The lowest BCUT2D eigenvalue weighted by Gasteiger charge is -2.10. The van der Waals surface area contributed by atoms with Crippen LogP contribution in [-0.2, 0) is 9.53 Å². The topological polar surface area (TPSA) is 102 Å².